The molecule has 0 bridgehead atoms. The number of phenolic OH excluding ortho intramolecular Hbond substituents is 1. The highest BCUT2D eigenvalue weighted by molar-refractivity contribution is 5.96. The smallest absolute Gasteiger partial charge is 0.279 e. The van der Waals surface area contributed by atoms with Crippen LogP contribution in [0.2, 0.25) is 0 Å². The number of aldehydes is 1. The van der Waals surface area contributed by atoms with Gasteiger partial charge in [0.1, 0.15) is 11.6 Å². The molecule has 7 nitrogen and oxygen atoms in total. The number of rotatable bonds is 3. The third-order valence-corrected chi connectivity index (χ3v) is 2.95. The van der Waals surface area contributed by atoms with Gasteiger partial charge in [0.15, 0.2) is 6.29 Å². The summed E-state index contributed by atoms with van der Waals surface area (Å²) in [4.78, 5) is 21.2. The molecule has 21 heavy (non-hydrogen) atoms. The van der Waals surface area contributed by atoms with E-state index in [0.717, 1.165) is 18.2 Å². The number of aromatic hydroxyl groups is 1. The fraction of sp³-hybridized carbons (Fsp3) is 0. The van der Waals surface area contributed by atoms with Gasteiger partial charge in [0.05, 0.1) is 27.4 Å². The number of carbonyl (C=O) groups excluding carboxylic acids is 1. The lowest BCUT2D eigenvalue weighted by atomic mass is 9.97. The van der Waals surface area contributed by atoms with Crippen molar-refractivity contribution in [3.05, 3.63) is 45.8 Å². The van der Waals surface area contributed by atoms with E-state index in [-0.39, 0.29) is 34.4 Å². The van der Waals surface area contributed by atoms with Crippen LogP contribution in [0.25, 0.3) is 11.1 Å². The molecule has 0 atom stereocenters. The predicted octanol–water partition coefficient (Wildman–Crippen LogP) is 2.08. The van der Waals surface area contributed by atoms with E-state index in [0.29, 0.717) is 0 Å². The number of hydrogen-bond acceptors (Lipinski definition) is 6. The Kier molecular flexibility index (Phi) is 3.45. The average Bonchev–Trinajstić information content (AvgIpc) is 2.43. The van der Waals surface area contributed by atoms with Gasteiger partial charge in [-0.05, 0) is 18.2 Å². The summed E-state index contributed by atoms with van der Waals surface area (Å²) in [6, 6.07) is 3.97. The van der Waals surface area contributed by atoms with Gasteiger partial charge in [-0.15, -0.1) is 0 Å². The van der Waals surface area contributed by atoms with Crippen molar-refractivity contribution in [2.24, 2.45) is 0 Å². The highest BCUT2D eigenvalue weighted by Gasteiger charge is 2.24. The number of benzene rings is 2. The van der Waals surface area contributed by atoms with Crippen molar-refractivity contribution in [1.82, 2.24) is 0 Å². The van der Waals surface area contributed by atoms with Crippen molar-refractivity contribution in [2.45, 2.75) is 0 Å². The standard InChI is InChI=1S/C13H10FN3O4/c14-7-3-6(5-18)13(19)8(4-7)11-10(17(20)21)2-1-9(15)12(11)16/h1-5,19H,15-16H2. The maximum absolute atomic E-state index is 13.5. The van der Waals surface area contributed by atoms with Gasteiger partial charge in [0.25, 0.3) is 5.69 Å². The van der Waals surface area contributed by atoms with E-state index >= 15 is 0 Å². The number of nitro groups is 1. The summed E-state index contributed by atoms with van der Waals surface area (Å²) in [5, 5.41) is 21.0. The van der Waals surface area contributed by atoms with E-state index in [4.69, 9.17) is 11.5 Å². The average molecular weight is 291 g/mol. The summed E-state index contributed by atoms with van der Waals surface area (Å²) in [6.07, 6.45) is 0.232. The minimum Gasteiger partial charge on any atom is -0.507 e. The molecule has 0 saturated heterocycles. The Bertz CT molecular complexity index is 762. The number of nitrogens with zero attached hydrogens (tertiary/aromatic N) is 1. The quantitative estimate of drug-likeness (QED) is 0.343. The Labute approximate surface area is 117 Å². The van der Waals surface area contributed by atoms with E-state index in [2.05, 4.69) is 0 Å². The zero-order chi connectivity index (χ0) is 15.7. The zero-order valence-electron chi connectivity index (χ0n) is 10.5. The molecule has 2 aromatic rings. The summed E-state index contributed by atoms with van der Waals surface area (Å²) in [5.41, 5.74) is 9.85. The minimum atomic E-state index is -0.846. The number of nitrogens with two attached hydrogens (primary N) is 2. The fourth-order valence-electron chi connectivity index (χ4n) is 1.96. The van der Waals surface area contributed by atoms with Crippen LogP contribution in [0.5, 0.6) is 5.75 Å². The van der Waals surface area contributed by atoms with Crippen LogP contribution in [0.3, 0.4) is 0 Å². The molecule has 0 unspecified atom stereocenters. The molecule has 108 valence electrons. The first-order chi connectivity index (χ1) is 9.86. The maximum Gasteiger partial charge on any atom is 0.279 e. The van der Waals surface area contributed by atoms with Gasteiger partial charge in [0, 0.05) is 11.6 Å². The van der Waals surface area contributed by atoms with Crippen molar-refractivity contribution in [3.8, 4) is 16.9 Å². The lowest BCUT2D eigenvalue weighted by Crippen LogP contribution is -2.02. The molecule has 0 radical (unpaired) electrons. The van der Waals surface area contributed by atoms with E-state index < -0.39 is 22.2 Å². The second-order valence-corrected chi connectivity index (χ2v) is 4.23. The van der Waals surface area contributed by atoms with Crippen molar-refractivity contribution in [3.63, 3.8) is 0 Å². The summed E-state index contributed by atoms with van der Waals surface area (Å²) < 4.78 is 13.5. The lowest BCUT2D eigenvalue weighted by molar-refractivity contribution is -0.384. The van der Waals surface area contributed by atoms with Crippen LogP contribution in [0, 0.1) is 15.9 Å². The second-order valence-electron chi connectivity index (χ2n) is 4.23. The summed E-state index contributed by atoms with van der Waals surface area (Å²) in [7, 11) is 0. The first-order valence-electron chi connectivity index (χ1n) is 5.67. The lowest BCUT2D eigenvalue weighted by Gasteiger charge is -2.12. The van der Waals surface area contributed by atoms with E-state index in [9.17, 15) is 24.4 Å². The predicted molar refractivity (Wildman–Crippen MR) is 74.4 cm³/mol. The molecule has 0 amide bonds. The molecule has 0 aliphatic rings. The van der Waals surface area contributed by atoms with E-state index in [1.165, 1.54) is 6.07 Å². The monoisotopic (exact) mass is 291 g/mol. The summed E-state index contributed by atoms with van der Waals surface area (Å²) >= 11 is 0. The van der Waals surface area contributed by atoms with Crippen LogP contribution >= 0.6 is 0 Å². The van der Waals surface area contributed by atoms with Crippen LogP contribution in [-0.4, -0.2) is 16.3 Å². The molecule has 0 aliphatic heterocycles. The first-order valence-corrected chi connectivity index (χ1v) is 5.67. The molecule has 8 heteroatoms. The molecular weight excluding hydrogens is 281 g/mol. The molecular formula is C13H10FN3O4. The molecule has 2 aromatic carbocycles. The van der Waals surface area contributed by atoms with Crippen LogP contribution in [0.4, 0.5) is 21.5 Å². The Hall–Kier alpha value is -3.16. The highest BCUT2D eigenvalue weighted by Crippen LogP contribution is 2.43. The Balaban J connectivity index is 2.90. The number of nitro benzene ring substituents is 1. The molecule has 2 rings (SSSR count). The number of phenols is 1. The third-order valence-electron chi connectivity index (χ3n) is 2.95. The Morgan fingerprint density at radius 1 is 1.29 bits per heavy atom. The molecule has 0 aromatic heterocycles. The van der Waals surface area contributed by atoms with Crippen molar-refractivity contribution >= 4 is 23.3 Å². The van der Waals surface area contributed by atoms with Crippen molar-refractivity contribution in [2.75, 3.05) is 11.5 Å². The van der Waals surface area contributed by atoms with Crippen LogP contribution < -0.4 is 11.5 Å². The Morgan fingerprint density at radius 3 is 2.52 bits per heavy atom. The number of nitrogen functional groups attached to an aromatic ring is 2. The molecule has 0 aliphatic carbocycles. The second kappa shape index (κ2) is 5.08. The normalized spacial score (nSPS) is 10.3. The zero-order valence-corrected chi connectivity index (χ0v) is 10.5. The highest BCUT2D eigenvalue weighted by atomic mass is 19.1. The van der Waals surface area contributed by atoms with E-state index in [1.807, 2.05) is 0 Å². The van der Waals surface area contributed by atoms with Gasteiger partial charge in [-0.3, -0.25) is 14.9 Å². The van der Waals surface area contributed by atoms with Gasteiger partial charge >= 0.3 is 0 Å². The Morgan fingerprint density at radius 2 is 1.95 bits per heavy atom. The van der Waals surface area contributed by atoms with Crippen molar-refractivity contribution in [1.29, 1.82) is 0 Å². The molecule has 0 saturated carbocycles. The van der Waals surface area contributed by atoms with Crippen LogP contribution in [-0.2, 0) is 0 Å². The number of hydrogen-bond donors (Lipinski definition) is 3. The largest absolute Gasteiger partial charge is 0.507 e. The van der Waals surface area contributed by atoms with Gasteiger partial charge in [-0.2, -0.15) is 0 Å². The molecule has 0 spiro atoms. The third kappa shape index (κ3) is 2.34. The fourth-order valence-corrected chi connectivity index (χ4v) is 1.96. The topological polar surface area (TPSA) is 132 Å². The summed E-state index contributed by atoms with van der Waals surface area (Å²) in [5.74, 6) is -1.45. The number of halogens is 1. The minimum absolute atomic E-state index is 0.0342. The van der Waals surface area contributed by atoms with Gasteiger partial charge in [-0.25, -0.2) is 4.39 Å². The van der Waals surface area contributed by atoms with Gasteiger partial charge in [-0.1, -0.05) is 0 Å². The first kappa shape index (κ1) is 14.3. The number of carbonyl (C=O) groups is 1. The van der Waals surface area contributed by atoms with Crippen molar-refractivity contribution < 1.29 is 19.2 Å². The molecule has 0 fully saturated rings. The van der Waals surface area contributed by atoms with Crippen LogP contribution in [0.15, 0.2) is 24.3 Å². The molecule has 5 N–H and O–H groups in total. The van der Waals surface area contributed by atoms with Gasteiger partial charge < -0.3 is 16.6 Å². The summed E-state index contributed by atoms with van der Waals surface area (Å²) in [6.45, 7) is 0. The van der Waals surface area contributed by atoms with Gasteiger partial charge in [0.2, 0.25) is 0 Å². The van der Waals surface area contributed by atoms with E-state index in [1.54, 1.807) is 0 Å². The number of anilines is 2. The van der Waals surface area contributed by atoms with Crippen LogP contribution in [0.1, 0.15) is 10.4 Å². The molecule has 0 heterocycles. The maximum atomic E-state index is 13.5. The SMILES string of the molecule is Nc1ccc([N+](=O)[O-])c(-c2cc(F)cc(C=O)c2O)c1N.